The molecule has 0 unspecified atom stereocenters. The summed E-state index contributed by atoms with van der Waals surface area (Å²) in [6, 6.07) is 6.85. The number of phenolic OH excluding ortho intramolecular Hbond substituents is 1. The van der Waals surface area contributed by atoms with Gasteiger partial charge in [0.15, 0.2) is 0 Å². The van der Waals surface area contributed by atoms with Gasteiger partial charge in [0, 0.05) is 17.7 Å². The topological polar surface area (TPSA) is 68.9 Å². The van der Waals surface area contributed by atoms with Gasteiger partial charge in [-0.3, -0.25) is 9.89 Å². The van der Waals surface area contributed by atoms with E-state index in [9.17, 15) is 4.79 Å². The van der Waals surface area contributed by atoms with Crippen LogP contribution in [0.4, 0.5) is 0 Å². The predicted octanol–water partition coefficient (Wildman–Crippen LogP) is 1.31. The second kappa shape index (κ2) is 3.65. The van der Waals surface area contributed by atoms with Gasteiger partial charge in [0.2, 0.25) is 0 Å². The van der Waals surface area contributed by atoms with Crippen molar-refractivity contribution in [1.29, 1.82) is 0 Å². The molecule has 0 bridgehead atoms. The van der Waals surface area contributed by atoms with Crippen LogP contribution in [0.2, 0.25) is 0 Å². The van der Waals surface area contributed by atoms with Gasteiger partial charge in [-0.05, 0) is 24.6 Å². The van der Waals surface area contributed by atoms with Crippen LogP contribution in [0.3, 0.4) is 0 Å². The highest BCUT2D eigenvalue weighted by Gasteiger charge is 2.06. The summed E-state index contributed by atoms with van der Waals surface area (Å²) >= 11 is 0. The smallest absolute Gasteiger partial charge is 0.267 e. The summed E-state index contributed by atoms with van der Waals surface area (Å²) in [5, 5.41) is 14.4. The lowest BCUT2D eigenvalue weighted by Crippen LogP contribution is -2.06. The normalized spacial score (nSPS) is 10.5. The largest absolute Gasteiger partial charge is 0.508 e. The summed E-state index contributed by atoms with van der Waals surface area (Å²) in [5.74, 6) is 0.235. The standard InChI is InChI=1S/C11H12N2O2/c1-7-10(11(15)13-12-7)6-8-2-4-9(14)5-3-8/h2-5,14H,6H2,1H3,(H2,12,13,15). The van der Waals surface area contributed by atoms with Gasteiger partial charge in [0.1, 0.15) is 5.75 Å². The van der Waals surface area contributed by atoms with Crippen molar-refractivity contribution >= 4 is 0 Å². The summed E-state index contributed by atoms with van der Waals surface area (Å²) in [6.07, 6.45) is 0.574. The average Bonchev–Trinajstić information content (AvgIpc) is 2.53. The van der Waals surface area contributed by atoms with Gasteiger partial charge in [-0.15, -0.1) is 0 Å². The molecule has 0 amide bonds. The number of hydrogen-bond acceptors (Lipinski definition) is 2. The van der Waals surface area contributed by atoms with Crippen LogP contribution in [0.5, 0.6) is 5.75 Å². The van der Waals surface area contributed by atoms with Crippen molar-refractivity contribution in [3.05, 3.63) is 51.4 Å². The lowest BCUT2D eigenvalue weighted by Gasteiger charge is -1.99. The van der Waals surface area contributed by atoms with Crippen LogP contribution in [0.25, 0.3) is 0 Å². The molecule has 2 rings (SSSR count). The third kappa shape index (κ3) is 1.93. The highest BCUT2D eigenvalue weighted by atomic mass is 16.3. The van der Waals surface area contributed by atoms with Gasteiger partial charge >= 0.3 is 0 Å². The molecule has 4 heteroatoms. The molecule has 0 aliphatic heterocycles. The Morgan fingerprint density at radius 1 is 1.20 bits per heavy atom. The molecule has 0 radical (unpaired) electrons. The Morgan fingerprint density at radius 2 is 1.87 bits per heavy atom. The van der Waals surface area contributed by atoms with Crippen LogP contribution in [0.1, 0.15) is 16.8 Å². The first-order valence-electron chi connectivity index (χ1n) is 4.71. The van der Waals surface area contributed by atoms with Gasteiger partial charge in [-0.25, -0.2) is 0 Å². The number of aromatic hydroxyl groups is 1. The fraction of sp³-hybridized carbons (Fsp3) is 0.182. The Bertz CT molecular complexity index is 508. The van der Waals surface area contributed by atoms with E-state index in [4.69, 9.17) is 5.11 Å². The summed E-state index contributed by atoms with van der Waals surface area (Å²) in [6.45, 7) is 1.85. The number of H-pyrrole nitrogens is 2. The Labute approximate surface area is 86.6 Å². The number of phenols is 1. The molecule has 4 nitrogen and oxygen atoms in total. The summed E-state index contributed by atoms with van der Waals surface area (Å²) < 4.78 is 0. The monoisotopic (exact) mass is 204 g/mol. The Hall–Kier alpha value is -1.97. The first-order chi connectivity index (χ1) is 7.16. The van der Waals surface area contributed by atoms with Crippen LogP contribution in [-0.2, 0) is 6.42 Å². The van der Waals surface area contributed by atoms with Crippen molar-refractivity contribution in [3.63, 3.8) is 0 Å². The summed E-state index contributed by atoms with van der Waals surface area (Å²) in [5.41, 5.74) is 2.51. The Morgan fingerprint density at radius 3 is 2.40 bits per heavy atom. The SMILES string of the molecule is Cc1[nH][nH]c(=O)c1Cc1ccc(O)cc1. The molecule has 2 aromatic rings. The minimum Gasteiger partial charge on any atom is -0.508 e. The second-order valence-corrected chi connectivity index (χ2v) is 3.53. The molecule has 1 aromatic carbocycles. The molecule has 0 aliphatic rings. The zero-order chi connectivity index (χ0) is 10.8. The summed E-state index contributed by atoms with van der Waals surface area (Å²) in [4.78, 5) is 11.4. The van der Waals surface area contributed by atoms with Crippen molar-refractivity contribution in [2.45, 2.75) is 13.3 Å². The van der Waals surface area contributed by atoms with Gasteiger partial charge in [0.05, 0.1) is 0 Å². The van der Waals surface area contributed by atoms with E-state index in [1.807, 2.05) is 6.92 Å². The molecule has 15 heavy (non-hydrogen) atoms. The second-order valence-electron chi connectivity index (χ2n) is 3.53. The van der Waals surface area contributed by atoms with Crippen molar-refractivity contribution in [2.75, 3.05) is 0 Å². The molecule has 0 atom stereocenters. The van der Waals surface area contributed by atoms with Crippen LogP contribution < -0.4 is 5.56 Å². The molecule has 1 heterocycles. The number of benzene rings is 1. The molecule has 1 aromatic heterocycles. The molecule has 0 saturated carbocycles. The van der Waals surface area contributed by atoms with Crippen molar-refractivity contribution in [3.8, 4) is 5.75 Å². The first-order valence-corrected chi connectivity index (χ1v) is 4.71. The average molecular weight is 204 g/mol. The maximum atomic E-state index is 11.4. The molecule has 0 saturated heterocycles. The zero-order valence-electron chi connectivity index (χ0n) is 8.37. The van der Waals surface area contributed by atoms with Gasteiger partial charge < -0.3 is 10.2 Å². The quantitative estimate of drug-likeness (QED) is 0.690. The number of aryl methyl sites for hydroxylation is 1. The van der Waals surface area contributed by atoms with E-state index in [0.29, 0.717) is 6.42 Å². The summed E-state index contributed by atoms with van der Waals surface area (Å²) in [7, 11) is 0. The van der Waals surface area contributed by atoms with E-state index in [0.717, 1.165) is 16.8 Å². The van der Waals surface area contributed by atoms with Crippen LogP contribution in [0, 0.1) is 6.92 Å². The van der Waals surface area contributed by atoms with E-state index in [-0.39, 0.29) is 11.3 Å². The van der Waals surface area contributed by atoms with Crippen LogP contribution in [-0.4, -0.2) is 15.3 Å². The number of hydrogen-bond donors (Lipinski definition) is 3. The number of aromatic amines is 2. The van der Waals surface area contributed by atoms with Crippen molar-refractivity contribution in [1.82, 2.24) is 10.2 Å². The fourth-order valence-electron chi connectivity index (χ4n) is 1.50. The number of aromatic nitrogens is 2. The Balaban J connectivity index is 2.29. The third-order valence-electron chi connectivity index (χ3n) is 2.41. The first kappa shape index (κ1) is 9.58. The zero-order valence-corrected chi connectivity index (χ0v) is 8.37. The van der Waals surface area contributed by atoms with Crippen LogP contribution >= 0.6 is 0 Å². The van der Waals surface area contributed by atoms with Gasteiger partial charge in [0.25, 0.3) is 5.56 Å². The molecule has 3 N–H and O–H groups in total. The molecule has 78 valence electrons. The molecular formula is C11H12N2O2. The van der Waals surface area contributed by atoms with E-state index in [1.165, 1.54) is 0 Å². The lowest BCUT2D eigenvalue weighted by atomic mass is 10.1. The van der Waals surface area contributed by atoms with E-state index in [2.05, 4.69) is 10.2 Å². The van der Waals surface area contributed by atoms with Crippen molar-refractivity contribution < 1.29 is 5.11 Å². The van der Waals surface area contributed by atoms with Crippen LogP contribution in [0.15, 0.2) is 29.1 Å². The molecular weight excluding hydrogens is 192 g/mol. The highest BCUT2D eigenvalue weighted by molar-refractivity contribution is 5.30. The van der Waals surface area contributed by atoms with E-state index < -0.39 is 0 Å². The minimum atomic E-state index is -0.0828. The predicted molar refractivity (Wildman–Crippen MR) is 57.1 cm³/mol. The lowest BCUT2D eigenvalue weighted by molar-refractivity contribution is 0.475. The maximum absolute atomic E-state index is 11.4. The van der Waals surface area contributed by atoms with Gasteiger partial charge in [-0.2, -0.15) is 0 Å². The third-order valence-corrected chi connectivity index (χ3v) is 2.41. The fourth-order valence-corrected chi connectivity index (χ4v) is 1.50. The molecule has 0 aliphatic carbocycles. The number of rotatable bonds is 2. The minimum absolute atomic E-state index is 0.0828. The van der Waals surface area contributed by atoms with Gasteiger partial charge in [-0.1, -0.05) is 12.1 Å². The Kier molecular flexibility index (Phi) is 2.33. The molecule has 0 spiro atoms. The van der Waals surface area contributed by atoms with Crippen molar-refractivity contribution in [2.24, 2.45) is 0 Å². The highest BCUT2D eigenvalue weighted by Crippen LogP contribution is 2.13. The molecule has 0 fully saturated rings. The van der Waals surface area contributed by atoms with E-state index >= 15 is 0 Å². The number of nitrogens with one attached hydrogen (secondary N) is 2. The maximum Gasteiger partial charge on any atom is 0.267 e. The van der Waals surface area contributed by atoms with E-state index in [1.54, 1.807) is 24.3 Å².